The molecule has 0 saturated carbocycles. The number of likely N-dealkylation sites (tertiary alicyclic amines) is 1. The van der Waals surface area contributed by atoms with Crippen molar-refractivity contribution in [2.75, 3.05) is 26.4 Å². The molecule has 1 saturated heterocycles. The van der Waals surface area contributed by atoms with Gasteiger partial charge in [-0.1, -0.05) is 6.92 Å². The first kappa shape index (κ1) is 11.9. The highest BCUT2D eigenvalue weighted by Crippen LogP contribution is 2.15. The maximum Gasteiger partial charge on any atom is 0.239 e. The second-order valence-electron chi connectivity index (χ2n) is 3.81. The summed E-state index contributed by atoms with van der Waals surface area (Å²) in [5.41, 5.74) is 0. The Labute approximate surface area is 90.6 Å². The molecule has 82 valence electrons. The lowest BCUT2D eigenvalue weighted by Gasteiger charge is -2.33. The molecule has 0 radical (unpaired) electrons. The smallest absolute Gasteiger partial charge is 0.239 e. The number of carbonyl (C=O) groups excluding carboxylic acids is 1. The molecule has 0 aliphatic carbocycles. The number of likely N-dealkylation sites (N-methyl/N-ethyl adjacent to an activating group) is 1. The van der Waals surface area contributed by atoms with Crippen LogP contribution in [0.5, 0.6) is 0 Å². The van der Waals surface area contributed by atoms with Crippen LogP contribution in [0.1, 0.15) is 19.8 Å². The third kappa shape index (κ3) is 2.89. The molecule has 1 aliphatic rings. The molecular formula is C10H20N2OS. The lowest BCUT2D eigenvalue weighted by atomic mass is 10.1. The molecule has 0 spiro atoms. The summed E-state index contributed by atoms with van der Waals surface area (Å²) in [6.07, 6.45) is 4.20. The number of hydrogen-bond acceptors (Lipinski definition) is 3. The Morgan fingerprint density at radius 3 is 3.00 bits per heavy atom. The molecule has 1 N–H and O–H groups in total. The van der Waals surface area contributed by atoms with Gasteiger partial charge in [0, 0.05) is 18.3 Å². The summed E-state index contributed by atoms with van der Waals surface area (Å²) >= 11 is 1.81. The minimum Gasteiger partial charge on any atom is -0.340 e. The van der Waals surface area contributed by atoms with Crippen molar-refractivity contribution in [1.29, 1.82) is 0 Å². The fraction of sp³-hybridized carbons (Fsp3) is 0.900. The molecule has 3 nitrogen and oxygen atoms in total. The molecule has 0 bridgehead atoms. The highest BCUT2D eigenvalue weighted by atomic mass is 32.2. The van der Waals surface area contributed by atoms with Crippen molar-refractivity contribution < 1.29 is 4.79 Å². The summed E-state index contributed by atoms with van der Waals surface area (Å²) < 4.78 is 0. The zero-order chi connectivity index (χ0) is 10.6. The number of carbonyl (C=O) groups is 1. The number of nitrogens with zero attached hydrogens (tertiary/aromatic N) is 1. The van der Waals surface area contributed by atoms with E-state index in [-0.39, 0.29) is 11.9 Å². The van der Waals surface area contributed by atoms with E-state index in [1.54, 1.807) is 0 Å². The van der Waals surface area contributed by atoms with Crippen molar-refractivity contribution in [3.05, 3.63) is 0 Å². The van der Waals surface area contributed by atoms with Crippen LogP contribution in [0.2, 0.25) is 0 Å². The van der Waals surface area contributed by atoms with Crippen LogP contribution >= 0.6 is 11.8 Å². The Morgan fingerprint density at radius 2 is 2.43 bits per heavy atom. The van der Waals surface area contributed by atoms with Crippen LogP contribution in [0.3, 0.4) is 0 Å². The van der Waals surface area contributed by atoms with E-state index >= 15 is 0 Å². The molecule has 2 atom stereocenters. The fourth-order valence-electron chi connectivity index (χ4n) is 1.77. The van der Waals surface area contributed by atoms with Crippen LogP contribution in [-0.2, 0) is 4.79 Å². The van der Waals surface area contributed by atoms with Crippen molar-refractivity contribution in [2.45, 2.75) is 31.1 Å². The Kier molecular flexibility index (Phi) is 4.75. The van der Waals surface area contributed by atoms with E-state index in [4.69, 9.17) is 0 Å². The summed E-state index contributed by atoms with van der Waals surface area (Å²) in [7, 11) is 1.87. The maximum absolute atomic E-state index is 11.9. The number of rotatable bonds is 4. The van der Waals surface area contributed by atoms with Crippen LogP contribution in [0.15, 0.2) is 0 Å². The molecule has 14 heavy (non-hydrogen) atoms. The van der Waals surface area contributed by atoms with Crippen molar-refractivity contribution in [1.82, 2.24) is 10.2 Å². The number of thioether (sulfide) groups is 1. The SMILES string of the molecule is CNC1CCCN(CC(C)SC)C1=O. The van der Waals surface area contributed by atoms with Gasteiger partial charge in [0.1, 0.15) is 0 Å². The van der Waals surface area contributed by atoms with Gasteiger partial charge < -0.3 is 10.2 Å². The fourth-order valence-corrected chi connectivity index (χ4v) is 2.10. The van der Waals surface area contributed by atoms with Crippen molar-refractivity contribution in [2.24, 2.45) is 0 Å². The largest absolute Gasteiger partial charge is 0.340 e. The second-order valence-corrected chi connectivity index (χ2v) is 5.09. The summed E-state index contributed by atoms with van der Waals surface area (Å²) in [5.74, 6) is 0.277. The average Bonchev–Trinajstić information content (AvgIpc) is 2.21. The van der Waals surface area contributed by atoms with Gasteiger partial charge in [0.25, 0.3) is 0 Å². The highest BCUT2D eigenvalue weighted by Gasteiger charge is 2.27. The lowest BCUT2D eigenvalue weighted by molar-refractivity contribution is -0.135. The predicted octanol–water partition coefficient (Wildman–Crippen LogP) is 0.948. The average molecular weight is 216 g/mol. The Bertz CT molecular complexity index is 199. The molecule has 1 heterocycles. The van der Waals surface area contributed by atoms with Gasteiger partial charge >= 0.3 is 0 Å². The molecule has 4 heteroatoms. The number of amides is 1. The quantitative estimate of drug-likeness (QED) is 0.759. The minimum absolute atomic E-state index is 0.0535. The molecule has 1 aliphatic heterocycles. The summed E-state index contributed by atoms with van der Waals surface area (Å²) in [6.45, 7) is 3.99. The van der Waals surface area contributed by atoms with Gasteiger partial charge in [-0.15, -0.1) is 0 Å². The molecule has 2 unspecified atom stereocenters. The molecule has 0 aromatic rings. The van der Waals surface area contributed by atoms with E-state index in [1.807, 2.05) is 23.7 Å². The summed E-state index contributed by atoms with van der Waals surface area (Å²) in [4.78, 5) is 13.9. The Morgan fingerprint density at radius 1 is 1.71 bits per heavy atom. The number of nitrogens with one attached hydrogen (secondary N) is 1. The third-order valence-corrected chi connectivity index (χ3v) is 3.71. The normalized spacial score (nSPS) is 25.2. The van der Waals surface area contributed by atoms with Crippen molar-refractivity contribution >= 4 is 17.7 Å². The standard InChI is InChI=1S/C10H20N2OS/c1-8(14-3)7-12-6-4-5-9(11-2)10(12)13/h8-9,11H,4-7H2,1-3H3. The highest BCUT2D eigenvalue weighted by molar-refractivity contribution is 7.99. The molecule has 0 aromatic carbocycles. The molecular weight excluding hydrogens is 196 g/mol. The first-order chi connectivity index (χ1) is 6.69. The van der Waals surface area contributed by atoms with Crippen LogP contribution < -0.4 is 5.32 Å². The van der Waals surface area contributed by atoms with Crippen LogP contribution in [-0.4, -0.2) is 48.5 Å². The second kappa shape index (κ2) is 5.61. The van der Waals surface area contributed by atoms with E-state index in [0.29, 0.717) is 5.25 Å². The number of piperidine rings is 1. The van der Waals surface area contributed by atoms with Crippen LogP contribution in [0.25, 0.3) is 0 Å². The first-order valence-electron chi connectivity index (χ1n) is 5.18. The molecule has 1 rings (SSSR count). The van der Waals surface area contributed by atoms with Gasteiger partial charge in [-0.25, -0.2) is 0 Å². The summed E-state index contributed by atoms with van der Waals surface area (Å²) in [6, 6.07) is 0.0535. The molecule has 1 amide bonds. The van der Waals surface area contributed by atoms with Crippen molar-refractivity contribution in [3.8, 4) is 0 Å². The number of hydrogen-bond donors (Lipinski definition) is 1. The summed E-state index contributed by atoms with van der Waals surface area (Å²) in [5, 5.41) is 3.61. The van der Waals surface area contributed by atoms with E-state index in [1.165, 1.54) is 0 Å². The molecule has 1 fully saturated rings. The van der Waals surface area contributed by atoms with Gasteiger partial charge in [0.2, 0.25) is 5.91 Å². The topological polar surface area (TPSA) is 32.3 Å². The Hall–Kier alpha value is -0.220. The van der Waals surface area contributed by atoms with Gasteiger partial charge in [0.15, 0.2) is 0 Å². The van der Waals surface area contributed by atoms with E-state index < -0.39 is 0 Å². The van der Waals surface area contributed by atoms with Gasteiger partial charge in [-0.2, -0.15) is 11.8 Å². The first-order valence-corrected chi connectivity index (χ1v) is 6.46. The van der Waals surface area contributed by atoms with Crippen LogP contribution in [0.4, 0.5) is 0 Å². The zero-order valence-electron chi connectivity index (χ0n) is 9.25. The monoisotopic (exact) mass is 216 g/mol. The minimum atomic E-state index is 0.0535. The van der Waals surface area contributed by atoms with Crippen LogP contribution in [0, 0.1) is 0 Å². The van der Waals surface area contributed by atoms with Gasteiger partial charge in [-0.05, 0) is 26.1 Å². The lowest BCUT2D eigenvalue weighted by Crippen LogP contribution is -2.51. The third-order valence-electron chi connectivity index (χ3n) is 2.76. The van der Waals surface area contributed by atoms with Gasteiger partial charge in [-0.3, -0.25) is 4.79 Å². The molecule has 0 aromatic heterocycles. The zero-order valence-corrected chi connectivity index (χ0v) is 10.1. The van der Waals surface area contributed by atoms with Crippen molar-refractivity contribution in [3.63, 3.8) is 0 Å². The van der Waals surface area contributed by atoms with E-state index in [0.717, 1.165) is 25.9 Å². The maximum atomic E-state index is 11.9. The predicted molar refractivity (Wildman–Crippen MR) is 61.6 cm³/mol. The van der Waals surface area contributed by atoms with E-state index in [9.17, 15) is 4.79 Å². The Balaban J connectivity index is 2.47. The van der Waals surface area contributed by atoms with Gasteiger partial charge in [0.05, 0.1) is 6.04 Å². The van der Waals surface area contributed by atoms with E-state index in [2.05, 4.69) is 18.5 Å².